The second-order valence-corrected chi connectivity index (χ2v) is 5.64. The summed E-state index contributed by atoms with van der Waals surface area (Å²) in [6.45, 7) is 2.55. The second kappa shape index (κ2) is 6.20. The van der Waals surface area contributed by atoms with Crippen LogP contribution in [0, 0.1) is 0 Å². The Morgan fingerprint density at radius 1 is 1.35 bits per heavy atom. The van der Waals surface area contributed by atoms with Crippen LogP contribution < -0.4 is 0 Å². The zero-order chi connectivity index (χ0) is 16.6. The number of hydrogen-bond donors (Lipinski definition) is 0. The fraction of sp³-hybridized carbons (Fsp3) is 0.462. The van der Waals surface area contributed by atoms with Gasteiger partial charge in [0.05, 0.1) is 6.20 Å². The van der Waals surface area contributed by atoms with Gasteiger partial charge < -0.3 is 14.2 Å². The zero-order valence-corrected chi connectivity index (χ0v) is 13.9. The summed E-state index contributed by atoms with van der Waals surface area (Å²) in [6, 6.07) is 0. The first-order chi connectivity index (χ1) is 11.0. The smallest absolute Gasteiger partial charge is 0.305 e. The average Bonchev–Trinajstić information content (AvgIpc) is 2.97. The van der Waals surface area contributed by atoms with Crippen LogP contribution in [0.5, 0.6) is 0 Å². The molecule has 3 heterocycles. The van der Waals surface area contributed by atoms with Gasteiger partial charge in [0.25, 0.3) is 0 Å². The van der Waals surface area contributed by atoms with Crippen LogP contribution in [0.1, 0.15) is 26.5 Å². The molecule has 3 atom stereocenters. The lowest BCUT2D eigenvalue weighted by Gasteiger charge is -2.17. The van der Waals surface area contributed by atoms with Gasteiger partial charge in [0.15, 0.2) is 16.5 Å². The number of ether oxygens (including phenoxy) is 3. The summed E-state index contributed by atoms with van der Waals surface area (Å²) in [7, 11) is 0. The lowest BCUT2D eigenvalue weighted by Crippen LogP contribution is -2.30. The predicted molar refractivity (Wildman–Crippen MR) is 78.9 cm³/mol. The molecule has 0 aromatic carbocycles. The fourth-order valence-corrected chi connectivity index (χ4v) is 3.02. The minimum atomic E-state index is -0.979. The monoisotopic (exact) mass is 384 g/mol. The Labute approximate surface area is 139 Å². The van der Waals surface area contributed by atoms with Crippen LogP contribution in [0.4, 0.5) is 0 Å². The molecule has 0 N–H and O–H groups in total. The quantitative estimate of drug-likeness (QED) is 0.576. The number of imidazole rings is 1. The molecular formula is C13H13BrN4O5. The summed E-state index contributed by atoms with van der Waals surface area (Å²) in [5, 5.41) is 0. The van der Waals surface area contributed by atoms with Gasteiger partial charge in [0, 0.05) is 20.3 Å². The molecule has 2 aromatic heterocycles. The number of carbonyl (C=O) groups is 2. The normalized spacial score (nSPS) is 23.9. The Bertz CT molecular complexity index is 740. The van der Waals surface area contributed by atoms with Crippen molar-refractivity contribution in [1.82, 2.24) is 19.5 Å². The van der Waals surface area contributed by atoms with Crippen LogP contribution in [0.15, 0.2) is 17.3 Å². The molecule has 23 heavy (non-hydrogen) atoms. The molecule has 1 aliphatic rings. The molecule has 2 aromatic rings. The highest BCUT2D eigenvalue weighted by Crippen LogP contribution is 2.35. The lowest BCUT2D eigenvalue weighted by molar-refractivity contribution is -0.198. The standard InChI is InChI=1S/C13H13BrN4O5/c1-6(19)21-9-3-10(23-12(9)22-7(2)20)18-11-8(17-13(18)14)4-15-5-16-11/h4-5,9-10,12H,3H2,1-2H3/t9-,10+,12-/m0/s1. The van der Waals surface area contributed by atoms with E-state index in [1.54, 1.807) is 10.8 Å². The number of hydrogen-bond acceptors (Lipinski definition) is 8. The first-order valence-electron chi connectivity index (χ1n) is 6.79. The highest BCUT2D eigenvalue weighted by Gasteiger charge is 2.42. The van der Waals surface area contributed by atoms with Crippen molar-refractivity contribution in [2.24, 2.45) is 0 Å². The van der Waals surface area contributed by atoms with E-state index >= 15 is 0 Å². The van der Waals surface area contributed by atoms with E-state index in [-0.39, 0.29) is 0 Å². The molecule has 10 heteroatoms. The zero-order valence-electron chi connectivity index (χ0n) is 12.3. The molecule has 0 unspecified atom stereocenters. The van der Waals surface area contributed by atoms with E-state index in [4.69, 9.17) is 14.2 Å². The number of fused-ring (bicyclic) bond motifs is 1. The van der Waals surface area contributed by atoms with Crippen molar-refractivity contribution < 1.29 is 23.8 Å². The summed E-state index contributed by atoms with van der Waals surface area (Å²) in [6.07, 6.45) is 1.03. The molecule has 122 valence electrons. The van der Waals surface area contributed by atoms with Crippen molar-refractivity contribution in [3.05, 3.63) is 17.3 Å². The van der Waals surface area contributed by atoms with Crippen LogP contribution >= 0.6 is 15.9 Å². The van der Waals surface area contributed by atoms with Gasteiger partial charge in [0.2, 0.25) is 6.29 Å². The van der Waals surface area contributed by atoms with Crippen molar-refractivity contribution in [1.29, 1.82) is 0 Å². The Morgan fingerprint density at radius 2 is 2.09 bits per heavy atom. The third-order valence-corrected chi connectivity index (χ3v) is 3.79. The summed E-state index contributed by atoms with van der Waals surface area (Å²) in [5.41, 5.74) is 1.14. The molecular weight excluding hydrogens is 372 g/mol. The molecule has 0 aliphatic carbocycles. The Morgan fingerprint density at radius 3 is 2.78 bits per heavy atom. The van der Waals surface area contributed by atoms with E-state index in [1.165, 1.54) is 20.2 Å². The van der Waals surface area contributed by atoms with E-state index in [0.29, 0.717) is 22.3 Å². The predicted octanol–water partition coefficient (Wildman–Crippen LogP) is 1.33. The molecule has 0 bridgehead atoms. The van der Waals surface area contributed by atoms with E-state index in [1.807, 2.05) is 0 Å². The summed E-state index contributed by atoms with van der Waals surface area (Å²) in [4.78, 5) is 34.8. The first kappa shape index (κ1) is 15.8. The van der Waals surface area contributed by atoms with Gasteiger partial charge in [-0.2, -0.15) is 0 Å². The number of carbonyl (C=O) groups excluding carboxylic acids is 2. The van der Waals surface area contributed by atoms with Crippen LogP contribution in [0.3, 0.4) is 0 Å². The topological polar surface area (TPSA) is 105 Å². The van der Waals surface area contributed by atoms with Crippen molar-refractivity contribution in [2.45, 2.75) is 38.9 Å². The van der Waals surface area contributed by atoms with Crippen LogP contribution in [-0.4, -0.2) is 43.9 Å². The van der Waals surface area contributed by atoms with Gasteiger partial charge in [-0.25, -0.2) is 15.0 Å². The summed E-state index contributed by atoms with van der Waals surface area (Å²) in [5.74, 6) is -1.00. The molecule has 0 amide bonds. The van der Waals surface area contributed by atoms with Gasteiger partial charge in [0.1, 0.15) is 18.1 Å². The fourth-order valence-electron chi connectivity index (χ4n) is 2.43. The molecule has 0 spiro atoms. The average molecular weight is 385 g/mol. The van der Waals surface area contributed by atoms with Gasteiger partial charge in [-0.15, -0.1) is 0 Å². The highest BCUT2D eigenvalue weighted by atomic mass is 79.9. The summed E-state index contributed by atoms with van der Waals surface area (Å²) >= 11 is 3.35. The number of rotatable bonds is 3. The van der Waals surface area contributed by atoms with Crippen LogP contribution in [-0.2, 0) is 23.8 Å². The van der Waals surface area contributed by atoms with Gasteiger partial charge in [-0.1, -0.05) is 0 Å². The van der Waals surface area contributed by atoms with E-state index in [2.05, 4.69) is 30.9 Å². The van der Waals surface area contributed by atoms with E-state index in [9.17, 15) is 9.59 Å². The van der Waals surface area contributed by atoms with Crippen molar-refractivity contribution >= 4 is 39.0 Å². The van der Waals surface area contributed by atoms with Gasteiger partial charge in [-0.05, 0) is 15.9 Å². The molecule has 9 nitrogen and oxygen atoms in total. The maximum absolute atomic E-state index is 11.2. The molecule has 0 radical (unpaired) electrons. The Hall–Kier alpha value is -2.07. The molecule has 1 aliphatic heterocycles. The third-order valence-electron chi connectivity index (χ3n) is 3.23. The molecule has 3 rings (SSSR count). The third kappa shape index (κ3) is 3.17. The number of nitrogens with zero attached hydrogens (tertiary/aromatic N) is 4. The number of halogens is 1. The Balaban J connectivity index is 1.92. The number of esters is 2. The van der Waals surface area contributed by atoms with E-state index < -0.39 is 30.6 Å². The molecule has 1 fully saturated rings. The minimum Gasteiger partial charge on any atom is -0.456 e. The maximum Gasteiger partial charge on any atom is 0.305 e. The van der Waals surface area contributed by atoms with Crippen molar-refractivity contribution in [3.63, 3.8) is 0 Å². The minimum absolute atomic E-state index is 0.297. The Kier molecular flexibility index (Phi) is 4.26. The SMILES string of the molecule is CC(=O)O[C@H]1O[C@@H](n2c(Br)nc3cncnc32)C[C@@H]1OC(C)=O. The first-order valence-corrected chi connectivity index (χ1v) is 7.58. The van der Waals surface area contributed by atoms with Gasteiger partial charge >= 0.3 is 11.9 Å². The lowest BCUT2D eigenvalue weighted by atomic mass is 10.2. The van der Waals surface area contributed by atoms with Crippen LogP contribution in [0.2, 0.25) is 0 Å². The van der Waals surface area contributed by atoms with E-state index in [0.717, 1.165) is 0 Å². The second-order valence-electron chi connectivity index (χ2n) is 4.93. The summed E-state index contributed by atoms with van der Waals surface area (Å²) < 4.78 is 18.2. The van der Waals surface area contributed by atoms with Gasteiger partial charge in [-0.3, -0.25) is 14.2 Å². The van der Waals surface area contributed by atoms with Crippen molar-refractivity contribution in [2.75, 3.05) is 0 Å². The number of aromatic nitrogens is 4. The maximum atomic E-state index is 11.2. The van der Waals surface area contributed by atoms with Crippen molar-refractivity contribution in [3.8, 4) is 0 Å². The largest absolute Gasteiger partial charge is 0.456 e. The molecule has 1 saturated heterocycles. The van der Waals surface area contributed by atoms with Crippen LogP contribution in [0.25, 0.3) is 11.2 Å². The highest BCUT2D eigenvalue weighted by molar-refractivity contribution is 9.10. The molecule has 0 saturated carbocycles.